The molecule has 9 heteroatoms. The number of carbonyl (C=O) groups is 1. The molecule has 0 saturated heterocycles. The second-order valence-corrected chi connectivity index (χ2v) is 8.77. The van der Waals surface area contributed by atoms with Crippen LogP contribution in [0.2, 0.25) is 0 Å². The lowest BCUT2D eigenvalue weighted by Crippen LogP contribution is -2.40. The van der Waals surface area contributed by atoms with Gasteiger partial charge in [-0.05, 0) is 44.0 Å². The molecule has 1 N–H and O–H groups in total. The average molecular weight is 489 g/mol. The fraction of sp³-hybridized carbons (Fsp3) is 0.524. The Hall–Kier alpha value is -2.03. The van der Waals surface area contributed by atoms with Crippen molar-refractivity contribution in [1.29, 1.82) is 0 Å². The van der Waals surface area contributed by atoms with Crippen molar-refractivity contribution in [2.24, 2.45) is 5.41 Å². The third-order valence-electron chi connectivity index (χ3n) is 5.64. The Morgan fingerprint density at radius 3 is 2.63 bits per heavy atom. The Morgan fingerprint density at radius 2 is 2.00 bits per heavy atom. The molecule has 1 aromatic carbocycles. The van der Waals surface area contributed by atoms with Gasteiger partial charge in [0.2, 0.25) is 0 Å². The number of carboxylic acids is 1. The van der Waals surface area contributed by atoms with Gasteiger partial charge in [0.25, 0.3) is 0 Å². The lowest BCUT2D eigenvalue weighted by molar-refractivity contribution is -0.230. The number of carboxylic acid groups (broad SMARTS) is 1. The summed E-state index contributed by atoms with van der Waals surface area (Å²) in [5.41, 5.74) is 0.414. The normalized spacial score (nSPS) is 16.0. The summed E-state index contributed by atoms with van der Waals surface area (Å²) in [5.74, 6) is -0.494. The topological polar surface area (TPSA) is 64.3 Å². The Bertz CT molecular complexity index is 905. The lowest BCUT2D eigenvalue weighted by atomic mass is 9.86. The Kier molecular flexibility index (Phi) is 6.79. The predicted molar refractivity (Wildman–Crippen MR) is 109 cm³/mol. The molecule has 0 spiro atoms. The summed E-state index contributed by atoms with van der Waals surface area (Å²) in [7, 11) is 0. The molecule has 5 nitrogen and oxygen atoms in total. The van der Waals surface area contributed by atoms with E-state index in [1.807, 2.05) is 19.1 Å². The largest absolute Gasteiger partial charge is 0.492 e. The van der Waals surface area contributed by atoms with E-state index in [1.54, 1.807) is 16.8 Å². The van der Waals surface area contributed by atoms with E-state index in [0.29, 0.717) is 42.8 Å². The molecule has 30 heavy (non-hydrogen) atoms. The third kappa shape index (κ3) is 5.17. The van der Waals surface area contributed by atoms with Crippen molar-refractivity contribution in [3.8, 4) is 5.75 Å². The van der Waals surface area contributed by atoms with Crippen LogP contribution in [-0.4, -0.2) is 33.6 Å². The summed E-state index contributed by atoms with van der Waals surface area (Å²) < 4.78 is 49.3. The van der Waals surface area contributed by atoms with Crippen LogP contribution in [-0.2, 0) is 17.8 Å². The second kappa shape index (κ2) is 8.99. The van der Waals surface area contributed by atoms with Crippen LogP contribution in [0.5, 0.6) is 5.75 Å². The van der Waals surface area contributed by atoms with Crippen molar-refractivity contribution in [3.63, 3.8) is 0 Å². The molecule has 1 aliphatic rings. The van der Waals surface area contributed by atoms with E-state index >= 15 is 0 Å². The standard InChI is InChI=1S/C21H24BrF3N2O3/c1-14-10-17(5-7-19(28)29)26-27(14)12-15-11-16(22)4-6-18(15)30-13-20(21(23,24)25)8-2-3-9-20/h4,6,10-11H,2-3,5,7-9,12-13H2,1H3,(H,28,29). The van der Waals surface area contributed by atoms with Gasteiger partial charge in [-0.2, -0.15) is 18.3 Å². The van der Waals surface area contributed by atoms with E-state index in [-0.39, 0.29) is 19.3 Å². The highest BCUT2D eigenvalue weighted by Crippen LogP contribution is 2.50. The molecule has 0 radical (unpaired) electrons. The quantitative estimate of drug-likeness (QED) is 0.531. The number of benzene rings is 1. The minimum Gasteiger partial charge on any atom is -0.492 e. The van der Waals surface area contributed by atoms with Crippen LogP contribution in [0.1, 0.15) is 49.1 Å². The van der Waals surface area contributed by atoms with Gasteiger partial charge in [0, 0.05) is 22.2 Å². The fourth-order valence-electron chi connectivity index (χ4n) is 3.85. The molecule has 1 fully saturated rings. The van der Waals surface area contributed by atoms with Crippen molar-refractivity contribution in [1.82, 2.24) is 9.78 Å². The van der Waals surface area contributed by atoms with Crippen LogP contribution in [0.25, 0.3) is 0 Å². The van der Waals surface area contributed by atoms with Crippen molar-refractivity contribution in [3.05, 3.63) is 45.7 Å². The minimum atomic E-state index is -4.29. The van der Waals surface area contributed by atoms with Crippen LogP contribution in [0, 0.1) is 12.3 Å². The van der Waals surface area contributed by atoms with E-state index in [9.17, 15) is 18.0 Å². The first-order chi connectivity index (χ1) is 14.1. The van der Waals surface area contributed by atoms with E-state index in [0.717, 1.165) is 10.2 Å². The van der Waals surface area contributed by atoms with Gasteiger partial charge in [0.05, 0.1) is 24.1 Å². The zero-order valence-electron chi connectivity index (χ0n) is 16.6. The summed E-state index contributed by atoms with van der Waals surface area (Å²) >= 11 is 3.40. The number of halogens is 4. The Labute approximate surface area is 181 Å². The molecule has 1 aliphatic carbocycles. The van der Waals surface area contributed by atoms with Crippen LogP contribution in [0.15, 0.2) is 28.7 Å². The average Bonchev–Trinajstić information content (AvgIpc) is 3.27. The monoisotopic (exact) mass is 488 g/mol. The predicted octanol–water partition coefficient (Wildman–Crippen LogP) is 5.52. The van der Waals surface area contributed by atoms with Crippen molar-refractivity contribution < 1.29 is 27.8 Å². The summed E-state index contributed by atoms with van der Waals surface area (Å²) in [4.78, 5) is 10.8. The highest BCUT2D eigenvalue weighted by molar-refractivity contribution is 9.10. The van der Waals surface area contributed by atoms with Crippen molar-refractivity contribution in [2.75, 3.05) is 6.61 Å². The highest BCUT2D eigenvalue weighted by Gasteiger charge is 2.56. The molecule has 0 unspecified atom stereocenters. The Morgan fingerprint density at radius 1 is 1.30 bits per heavy atom. The molecule has 164 valence electrons. The zero-order chi connectivity index (χ0) is 21.9. The molecule has 0 amide bonds. The molecule has 0 aliphatic heterocycles. The van der Waals surface area contributed by atoms with Crippen LogP contribution >= 0.6 is 15.9 Å². The molecule has 1 aromatic heterocycles. The third-order valence-corrected chi connectivity index (χ3v) is 6.13. The summed E-state index contributed by atoms with van der Waals surface area (Å²) in [6.45, 7) is 1.77. The van der Waals surface area contributed by atoms with Crippen LogP contribution < -0.4 is 4.74 Å². The number of aryl methyl sites for hydroxylation is 2. The van der Waals surface area contributed by atoms with Gasteiger partial charge in [-0.15, -0.1) is 0 Å². The van der Waals surface area contributed by atoms with Gasteiger partial charge in [0.15, 0.2) is 0 Å². The molecule has 1 saturated carbocycles. The smallest absolute Gasteiger partial charge is 0.397 e. The maximum Gasteiger partial charge on any atom is 0.397 e. The SMILES string of the molecule is Cc1cc(CCC(=O)O)nn1Cc1cc(Br)ccc1OCC1(C(F)(F)F)CCCC1. The van der Waals surface area contributed by atoms with Crippen LogP contribution in [0.4, 0.5) is 13.2 Å². The van der Waals surface area contributed by atoms with Gasteiger partial charge in [0.1, 0.15) is 12.4 Å². The number of hydrogen-bond donors (Lipinski definition) is 1. The molecular formula is C21H24BrF3N2O3. The van der Waals surface area contributed by atoms with E-state index in [1.165, 1.54) is 0 Å². The van der Waals surface area contributed by atoms with E-state index < -0.39 is 24.2 Å². The first-order valence-electron chi connectivity index (χ1n) is 9.83. The number of nitrogens with zero attached hydrogens (tertiary/aromatic N) is 2. The fourth-order valence-corrected chi connectivity index (χ4v) is 4.26. The number of alkyl halides is 3. The van der Waals surface area contributed by atoms with Gasteiger partial charge in [-0.25, -0.2) is 0 Å². The summed E-state index contributed by atoms with van der Waals surface area (Å²) in [5, 5.41) is 13.3. The van der Waals surface area contributed by atoms with Gasteiger partial charge in [-0.3, -0.25) is 9.48 Å². The van der Waals surface area contributed by atoms with E-state index in [4.69, 9.17) is 9.84 Å². The molecule has 2 aromatic rings. The van der Waals surface area contributed by atoms with Gasteiger partial charge < -0.3 is 9.84 Å². The first kappa shape index (κ1) is 22.7. The van der Waals surface area contributed by atoms with Crippen molar-refractivity contribution in [2.45, 2.75) is 58.2 Å². The first-order valence-corrected chi connectivity index (χ1v) is 10.6. The molecular weight excluding hydrogens is 465 g/mol. The summed E-state index contributed by atoms with van der Waals surface area (Å²) in [6.07, 6.45) is -2.69. The number of aromatic nitrogens is 2. The highest BCUT2D eigenvalue weighted by atomic mass is 79.9. The molecule has 0 atom stereocenters. The number of rotatable bonds is 8. The maximum absolute atomic E-state index is 13.7. The molecule has 0 bridgehead atoms. The van der Waals surface area contributed by atoms with Crippen molar-refractivity contribution >= 4 is 21.9 Å². The lowest BCUT2D eigenvalue weighted by Gasteiger charge is -2.31. The molecule has 1 heterocycles. The number of ether oxygens (including phenoxy) is 1. The number of hydrogen-bond acceptors (Lipinski definition) is 3. The van der Waals surface area contributed by atoms with Crippen LogP contribution in [0.3, 0.4) is 0 Å². The summed E-state index contributed by atoms with van der Waals surface area (Å²) in [6, 6.07) is 7.03. The van der Waals surface area contributed by atoms with Gasteiger partial charge >= 0.3 is 12.1 Å². The zero-order valence-corrected chi connectivity index (χ0v) is 18.2. The Balaban J connectivity index is 1.78. The second-order valence-electron chi connectivity index (χ2n) is 7.85. The maximum atomic E-state index is 13.7. The van der Waals surface area contributed by atoms with E-state index in [2.05, 4.69) is 21.0 Å². The van der Waals surface area contributed by atoms with Gasteiger partial charge in [-0.1, -0.05) is 28.8 Å². The molecule has 3 rings (SSSR count). The number of aliphatic carboxylic acids is 1. The minimum absolute atomic E-state index is 0.0127.